The average molecular weight is 259 g/mol. The van der Waals surface area contributed by atoms with Crippen molar-refractivity contribution in [1.29, 1.82) is 0 Å². The first-order valence-electron chi connectivity index (χ1n) is 6.64. The number of anilines is 1. The van der Waals surface area contributed by atoms with Crippen LogP contribution in [0.2, 0.25) is 0 Å². The Morgan fingerprint density at radius 1 is 1.53 bits per heavy atom. The summed E-state index contributed by atoms with van der Waals surface area (Å²) < 4.78 is 5.54. The Hall–Kier alpha value is -1.88. The van der Waals surface area contributed by atoms with Gasteiger partial charge in [-0.25, -0.2) is 4.98 Å². The van der Waals surface area contributed by atoms with Crippen molar-refractivity contribution in [3.8, 4) is 0 Å². The molecule has 3 rings (SSSR count). The van der Waals surface area contributed by atoms with Crippen LogP contribution in [0.3, 0.4) is 0 Å². The number of nitrogens with zero attached hydrogens (tertiary/aromatic N) is 1. The van der Waals surface area contributed by atoms with Gasteiger partial charge in [-0.2, -0.15) is 0 Å². The Morgan fingerprint density at radius 3 is 3.05 bits per heavy atom. The molecule has 0 aliphatic carbocycles. The van der Waals surface area contributed by atoms with Crippen molar-refractivity contribution >= 4 is 22.7 Å². The normalized spacial score (nSPS) is 15.4. The van der Waals surface area contributed by atoms with Crippen LogP contribution in [0.15, 0.2) is 22.6 Å². The second kappa shape index (κ2) is 5.01. The summed E-state index contributed by atoms with van der Waals surface area (Å²) in [7, 11) is 0. The van der Waals surface area contributed by atoms with E-state index in [0.717, 1.165) is 42.2 Å². The van der Waals surface area contributed by atoms with Gasteiger partial charge in [-0.1, -0.05) is 6.92 Å². The number of hydrogen-bond acceptors (Lipinski definition) is 4. The van der Waals surface area contributed by atoms with E-state index in [2.05, 4.69) is 15.6 Å². The predicted molar refractivity (Wildman–Crippen MR) is 73.0 cm³/mol. The lowest BCUT2D eigenvalue weighted by Crippen LogP contribution is -2.43. The monoisotopic (exact) mass is 259 g/mol. The highest BCUT2D eigenvalue weighted by atomic mass is 16.3. The van der Waals surface area contributed by atoms with Gasteiger partial charge >= 0.3 is 0 Å². The van der Waals surface area contributed by atoms with E-state index in [1.54, 1.807) is 0 Å². The minimum absolute atomic E-state index is 0.0602. The van der Waals surface area contributed by atoms with Crippen LogP contribution >= 0.6 is 0 Å². The number of amides is 1. The molecule has 19 heavy (non-hydrogen) atoms. The van der Waals surface area contributed by atoms with Crippen LogP contribution in [0.1, 0.15) is 19.2 Å². The summed E-state index contributed by atoms with van der Waals surface area (Å²) in [6.07, 6.45) is 1.34. The molecule has 0 radical (unpaired) electrons. The maximum atomic E-state index is 11.8. The number of oxazole rings is 1. The highest BCUT2D eigenvalue weighted by molar-refractivity contribution is 5.93. The van der Waals surface area contributed by atoms with E-state index < -0.39 is 0 Å². The highest BCUT2D eigenvalue weighted by Gasteiger charge is 2.20. The molecule has 100 valence electrons. The summed E-state index contributed by atoms with van der Waals surface area (Å²) >= 11 is 0. The standard InChI is InChI=1S/C14H17N3O2/c1-2-14-17-11-6-10(3-4-12(11)19-14)16-13(18)5-9-7-15-8-9/h3-4,6,9,15H,2,5,7-8H2,1H3,(H,16,18). The number of carbonyl (C=O) groups excluding carboxylic acids is 1. The molecule has 0 saturated carbocycles. The molecule has 2 N–H and O–H groups in total. The average Bonchev–Trinajstić information content (AvgIpc) is 2.76. The zero-order valence-corrected chi connectivity index (χ0v) is 10.9. The molecule has 1 fully saturated rings. The number of benzene rings is 1. The van der Waals surface area contributed by atoms with Crippen LogP contribution in [0.4, 0.5) is 5.69 Å². The van der Waals surface area contributed by atoms with Crippen LogP contribution in [-0.4, -0.2) is 24.0 Å². The zero-order valence-electron chi connectivity index (χ0n) is 10.9. The Labute approximate surface area is 111 Å². The van der Waals surface area contributed by atoms with Gasteiger partial charge in [-0.05, 0) is 37.2 Å². The van der Waals surface area contributed by atoms with Gasteiger partial charge in [0.1, 0.15) is 5.52 Å². The van der Waals surface area contributed by atoms with Crippen molar-refractivity contribution in [2.24, 2.45) is 5.92 Å². The molecule has 1 aliphatic rings. The van der Waals surface area contributed by atoms with Crippen LogP contribution in [0.25, 0.3) is 11.1 Å². The van der Waals surface area contributed by atoms with Gasteiger partial charge in [-0.15, -0.1) is 0 Å². The summed E-state index contributed by atoms with van der Waals surface area (Å²) in [5.74, 6) is 1.26. The summed E-state index contributed by atoms with van der Waals surface area (Å²) in [6, 6.07) is 5.56. The lowest BCUT2D eigenvalue weighted by atomic mass is 9.99. The number of rotatable bonds is 4. The van der Waals surface area contributed by atoms with Crippen molar-refractivity contribution in [2.75, 3.05) is 18.4 Å². The third kappa shape index (κ3) is 2.61. The fourth-order valence-electron chi connectivity index (χ4n) is 2.17. The topological polar surface area (TPSA) is 67.2 Å². The largest absolute Gasteiger partial charge is 0.441 e. The molecule has 2 aromatic rings. The van der Waals surface area contributed by atoms with E-state index in [1.807, 2.05) is 25.1 Å². The fraction of sp³-hybridized carbons (Fsp3) is 0.429. The lowest BCUT2D eigenvalue weighted by molar-refractivity contribution is -0.117. The van der Waals surface area contributed by atoms with Gasteiger partial charge in [0.15, 0.2) is 11.5 Å². The smallest absolute Gasteiger partial charge is 0.224 e. The third-order valence-corrected chi connectivity index (χ3v) is 3.36. The Morgan fingerprint density at radius 2 is 2.37 bits per heavy atom. The van der Waals surface area contributed by atoms with Crippen molar-refractivity contribution < 1.29 is 9.21 Å². The SMILES string of the molecule is CCc1nc2cc(NC(=O)CC3CNC3)ccc2o1. The Bertz CT molecular complexity index is 602. The molecule has 0 unspecified atom stereocenters. The van der Waals surface area contributed by atoms with Crippen molar-refractivity contribution in [3.63, 3.8) is 0 Å². The molecule has 1 aliphatic heterocycles. The summed E-state index contributed by atoms with van der Waals surface area (Å²) in [5, 5.41) is 6.07. The van der Waals surface area contributed by atoms with Gasteiger partial charge in [0, 0.05) is 18.5 Å². The van der Waals surface area contributed by atoms with Crippen molar-refractivity contribution in [1.82, 2.24) is 10.3 Å². The van der Waals surface area contributed by atoms with Gasteiger partial charge in [0.2, 0.25) is 5.91 Å². The minimum Gasteiger partial charge on any atom is -0.441 e. The van der Waals surface area contributed by atoms with Crippen molar-refractivity contribution in [2.45, 2.75) is 19.8 Å². The Kier molecular flexibility index (Phi) is 3.21. The van der Waals surface area contributed by atoms with Crippen molar-refractivity contribution in [3.05, 3.63) is 24.1 Å². The molecule has 1 saturated heterocycles. The first kappa shape index (κ1) is 12.2. The summed E-state index contributed by atoms with van der Waals surface area (Å²) in [6.45, 7) is 3.88. The zero-order chi connectivity index (χ0) is 13.2. The van der Waals surface area contributed by atoms with Gasteiger partial charge in [0.25, 0.3) is 0 Å². The molecular formula is C14H17N3O2. The first-order chi connectivity index (χ1) is 9.24. The molecule has 0 atom stereocenters. The highest BCUT2D eigenvalue weighted by Crippen LogP contribution is 2.21. The molecule has 5 heteroatoms. The molecule has 0 bridgehead atoms. The molecule has 1 aromatic heterocycles. The van der Waals surface area contributed by atoms with Gasteiger partial charge in [-0.3, -0.25) is 4.79 Å². The van der Waals surface area contributed by atoms with Crippen LogP contribution < -0.4 is 10.6 Å². The van der Waals surface area contributed by atoms with Crippen LogP contribution in [0.5, 0.6) is 0 Å². The van der Waals surface area contributed by atoms with E-state index in [-0.39, 0.29) is 5.91 Å². The van der Waals surface area contributed by atoms with Gasteiger partial charge < -0.3 is 15.1 Å². The molecule has 5 nitrogen and oxygen atoms in total. The lowest BCUT2D eigenvalue weighted by Gasteiger charge is -2.26. The van der Waals surface area contributed by atoms with Crippen LogP contribution in [-0.2, 0) is 11.2 Å². The molecular weight excluding hydrogens is 242 g/mol. The molecule has 0 spiro atoms. The molecule has 2 heterocycles. The number of fused-ring (bicyclic) bond motifs is 1. The second-order valence-electron chi connectivity index (χ2n) is 4.92. The van der Waals surface area contributed by atoms with E-state index in [0.29, 0.717) is 12.3 Å². The molecule has 1 amide bonds. The maximum Gasteiger partial charge on any atom is 0.224 e. The summed E-state index contributed by atoms with van der Waals surface area (Å²) in [4.78, 5) is 16.2. The van der Waals surface area contributed by atoms with E-state index in [4.69, 9.17) is 4.42 Å². The minimum atomic E-state index is 0.0602. The maximum absolute atomic E-state index is 11.8. The predicted octanol–water partition coefficient (Wildman–Crippen LogP) is 1.94. The molecule has 1 aromatic carbocycles. The number of nitrogens with one attached hydrogen (secondary N) is 2. The van der Waals surface area contributed by atoms with Gasteiger partial charge in [0.05, 0.1) is 0 Å². The quantitative estimate of drug-likeness (QED) is 0.880. The fourth-order valence-corrected chi connectivity index (χ4v) is 2.17. The number of hydrogen-bond donors (Lipinski definition) is 2. The first-order valence-corrected chi connectivity index (χ1v) is 6.64. The van der Waals surface area contributed by atoms with E-state index in [1.165, 1.54) is 0 Å². The second-order valence-corrected chi connectivity index (χ2v) is 4.92. The van der Waals surface area contributed by atoms with E-state index in [9.17, 15) is 4.79 Å². The van der Waals surface area contributed by atoms with E-state index >= 15 is 0 Å². The summed E-state index contributed by atoms with van der Waals surface area (Å²) in [5.41, 5.74) is 2.33. The Balaban J connectivity index is 1.71. The third-order valence-electron chi connectivity index (χ3n) is 3.36. The van der Waals surface area contributed by atoms with Crippen LogP contribution in [0, 0.1) is 5.92 Å². The number of aromatic nitrogens is 1. The number of carbonyl (C=O) groups is 1. The number of aryl methyl sites for hydroxylation is 1.